The average molecular weight is 1620 g/mol. The maximum absolute atomic E-state index is 14.5. The number of ether oxygens (including phenoxy) is 5. The SMILES string of the molecule is [C-]#[N+]C1=C[C@]2(C)C3=CC(=O)[C@@H]4[C@@H]5CC(C)(C)CC[C@]5(C(=O)OC)CC[C@@]4(C)[C@]3(C)CC[C@H]2[C@](C)(CCO)C1=O.[C-]#[N+]C1=C[C@]2(C)C3=CC(=O)[C@@H]4[C@@H]5CC(C)(C)CC[C@]5(C(=O)OC)CC[C@@]4(C)[C@]3(C)CC[C@H]2[C@](C)(COCOC)C1=O.[C-]#[N+]C1=C[C@]2(C)C3=CC(=O)[C@@H]4[C@@H]5CC(C)(C)CC[C@]5(C(C)=O)CC[C@@]4(C)[C@]3(C)CC[C@H]2[C@]2(C)CCOC12O. The summed E-state index contributed by atoms with van der Waals surface area (Å²) in [6.07, 6.45) is 30.0. The Kier molecular flexibility index (Phi) is 21.0. The zero-order chi connectivity index (χ0) is 86.8. The van der Waals surface area contributed by atoms with E-state index in [1.54, 1.807) is 14.0 Å². The largest absolute Gasteiger partial charge is 0.469 e. The summed E-state index contributed by atoms with van der Waals surface area (Å²) in [4.78, 5) is 122. The smallest absolute Gasteiger partial charge is 0.312 e. The molecule has 1 aliphatic heterocycles. The molecule has 1 saturated heterocycles. The fourth-order valence-corrected chi connectivity index (χ4v) is 32.2. The zero-order valence-electron chi connectivity index (χ0n) is 75.3. The van der Waals surface area contributed by atoms with Gasteiger partial charge in [-0.05, 0) is 257 Å². The van der Waals surface area contributed by atoms with E-state index in [1.807, 2.05) is 50.3 Å². The highest BCUT2D eigenvalue weighted by Crippen LogP contribution is 2.80. The number of aliphatic hydroxyl groups excluding tert-OH is 1. The summed E-state index contributed by atoms with van der Waals surface area (Å²) in [5.74, 6) is -2.60. The molecule has 18 heteroatoms. The van der Waals surface area contributed by atoms with E-state index in [9.17, 15) is 48.6 Å². The standard InChI is InChI=1S/C34H47NO6.C33H45NO5.C33H45NO4/c1-29(2)12-14-34(28(38)40-9)15-13-33(6)26(21(34)17-29)23(36)16-25-30(3)18-22(35-7)27(37)31(4,19-41-20-39-8)24(30)10-11-32(25,33)5;1-28(2)11-13-33(27(38)39-8)14-12-32(6)25(20(33)18-28)22(36)17-24-30(4)19-21(34-7)26(37)29(3,15-16-35)23(30)9-10-31(24,32)5;1-20(35)32-13-11-27(2,3)18-21(32)26-22(36)17-24-28(4)19-25(34-8)33(37)30(6,15-16-38-33)23(28)9-10-29(24,5)31(26,7)12-14-32/h16,18,21,24,26H,10-15,17,19-20H2,1-6,8-9H3;17,19-20,23,25,35H,9-16,18H2,1-6,8H3;17,19,21,23,26,37H,9-16,18H2,1-7H3/t21-,24+,26-,30-,31-,32+,33+,34-;20-,23-,25-,29-,30-,31+,32+,33-;21-,23+,26-,28-,29+,30-,31+,32+,33?/m000/s1. The number of hydrogen-bond acceptors (Lipinski definition) is 15. The molecule has 118 heavy (non-hydrogen) atoms. The molecule has 0 spiro atoms. The Hall–Kier alpha value is -6.33. The van der Waals surface area contributed by atoms with Gasteiger partial charge in [-0.25, -0.2) is 14.5 Å². The first kappa shape index (κ1) is 88.0. The molecule has 0 aromatic rings. The number of Topliss-reactive ketones (excluding diaryl/α,β-unsaturated/α-hetero) is 3. The van der Waals surface area contributed by atoms with Crippen LogP contribution in [0.5, 0.6) is 0 Å². The molecule has 18 nitrogen and oxygen atoms in total. The van der Waals surface area contributed by atoms with Crippen molar-refractivity contribution in [3.63, 3.8) is 0 Å². The molecule has 642 valence electrons. The maximum Gasteiger partial charge on any atom is 0.312 e. The molecular weight excluding hydrogens is 1480 g/mol. The number of ketones is 6. The van der Waals surface area contributed by atoms with Crippen LogP contribution < -0.4 is 0 Å². The Morgan fingerprint density at radius 3 is 1.19 bits per heavy atom. The number of fused-ring (bicyclic) bond motifs is 23. The lowest BCUT2D eigenvalue weighted by atomic mass is 9.34. The van der Waals surface area contributed by atoms with Crippen LogP contribution in [0.4, 0.5) is 0 Å². The number of esters is 2. The van der Waals surface area contributed by atoms with Crippen LogP contribution in [-0.2, 0) is 62.0 Å². The van der Waals surface area contributed by atoms with Crippen molar-refractivity contribution in [1.82, 2.24) is 0 Å². The molecule has 25 atom stereocenters. The highest BCUT2D eigenvalue weighted by molar-refractivity contribution is 6.05. The lowest BCUT2D eigenvalue weighted by Gasteiger charge is -2.69. The Morgan fingerprint density at radius 2 is 0.814 bits per heavy atom. The van der Waals surface area contributed by atoms with Crippen molar-refractivity contribution in [2.75, 3.05) is 47.9 Å². The average Bonchev–Trinajstić information content (AvgIpc) is 0.887. The van der Waals surface area contributed by atoms with Crippen molar-refractivity contribution in [1.29, 1.82) is 0 Å². The van der Waals surface area contributed by atoms with Crippen LogP contribution in [0.1, 0.15) is 279 Å². The third-order valence-corrected chi connectivity index (χ3v) is 39.4. The normalized spacial score (nSPS) is 47.8. The van der Waals surface area contributed by atoms with Crippen LogP contribution in [0.15, 0.2) is 70.3 Å². The minimum atomic E-state index is -1.56. The van der Waals surface area contributed by atoms with Gasteiger partial charge in [0.2, 0.25) is 22.9 Å². The summed E-state index contributed by atoms with van der Waals surface area (Å²) in [6.45, 7) is 65.8. The number of nitrogens with zero attached hydrogens (tertiary/aromatic N) is 3. The van der Waals surface area contributed by atoms with E-state index in [0.717, 1.165) is 139 Å². The van der Waals surface area contributed by atoms with Crippen molar-refractivity contribution < 1.29 is 72.3 Å². The van der Waals surface area contributed by atoms with E-state index < -0.39 is 49.1 Å². The predicted octanol–water partition coefficient (Wildman–Crippen LogP) is 19.1. The van der Waals surface area contributed by atoms with Gasteiger partial charge in [-0.15, -0.1) is 0 Å². The topological polar surface area (TPSA) is 236 Å². The number of carbonyl (C=O) groups is 8. The van der Waals surface area contributed by atoms with Gasteiger partial charge in [0.05, 0.1) is 51.4 Å². The fourth-order valence-electron chi connectivity index (χ4n) is 32.2. The van der Waals surface area contributed by atoms with Crippen LogP contribution in [0, 0.1) is 170 Å². The molecule has 2 N–H and O–H groups in total. The second kappa shape index (κ2) is 28.1. The Morgan fingerprint density at radius 1 is 0.458 bits per heavy atom. The van der Waals surface area contributed by atoms with Crippen LogP contribution in [0.2, 0.25) is 0 Å². The second-order valence-electron chi connectivity index (χ2n) is 45.9. The van der Waals surface area contributed by atoms with Crippen molar-refractivity contribution in [3.05, 3.63) is 105 Å². The highest BCUT2D eigenvalue weighted by atomic mass is 16.7. The van der Waals surface area contributed by atoms with E-state index in [4.69, 9.17) is 43.4 Å². The zero-order valence-corrected chi connectivity index (χ0v) is 75.3. The predicted molar refractivity (Wildman–Crippen MR) is 447 cm³/mol. The molecule has 1 unspecified atom stereocenters. The molecule has 0 aromatic heterocycles. The maximum atomic E-state index is 14.5. The van der Waals surface area contributed by atoms with Crippen LogP contribution in [0.25, 0.3) is 14.5 Å². The molecule has 10 fully saturated rings. The third-order valence-electron chi connectivity index (χ3n) is 39.4. The number of rotatable bonds is 9. The molecule has 16 rings (SSSR count). The molecule has 0 radical (unpaired) electrons. The van der Waals surface area contributed by atoms with Gasteiger partial charge < -0.3 is 43.5 Å². The van der Waals surface area contributed by atoms with E-state index in [-0.39, 0.29) is 191 Å². The number of allylic oxidation sites excluding steroid dienone is 11. The summed E-state index contributed by atoms with van der Waals surface area (Å²) < 4.78 is 27.6. The number of aliphatic hydroxyl groups is 2. The molecule has 0 amide bonds. The van der Waals surface area contributed by atoms with E-state index >= 15 is 0 Å². The van der Waals surface area contributed by atoms with Crippen molar-refractivity contribution in [2.45, 2.75) is 285 Å². The lowest BCUT2D eigenvalue weighted by Crippen LogP contribution is -2.66. The monoisotopic (exact) mass is 1620 g/mol. The second-order valence-corrected chi connectivity index (χ2v) is 45.9. The summed E-state index contributed by atoms with van der Waals surface area (Å²) in [5.41, 5.74) is -3.73. The molecule has 9 saturated carbocycles. The highest BCUT2D eigenvalue weighted by Gasteiger charge is 2.77. The molecule has 1 heterocycles. The Labute approximate surface area is 703 Å². The van der Waals surface area contributed by atoms with Gasteiger partial charge in [-0.2, -0.15) is 0 Å². The van der Waals surface area contributed by atoms with Crippen molar-refractivity contribution in [2.24, 2.45) is 151 Å². The molecule has 16 aliphatic rings. The van der Waals surface area contributed by atoms with Gasteiger partial charge in [-0.3, -0.25) is 28.8 Å². The van der Waals surface area contributed by atoms with Crippen molar-refractivity contribution in [3.8, 4) is 0 Å². The van der Waals surface area contributed by atoms with Gasteiger partial charge >= 0.3 is 11.9 Å². The molecule has 0 aromatic carbocycles. The summed E-state index contributed by atoms with van der Waals surface area (Å²) >= 11 is 0. The molecule has 0 bridgehead atoms. The number of hydrogen-bond donors (Lipinski definition) is 2. The van der Waals surface area contributed by atoms with Gasteiger partial charge in [0.1, 0.15) is 12.6 Å². The first-order chi connectivity index (χ1) is 54.7. The summed E-state index contributed by atoms with van der Waals surface area (Å²) in [6, 6.07) is 0. The minimum absolute atomic E-state index is 0.0380. The fraction of sp³-hybridized carbons (Fsp3) is 0.770. The van der Waals surface area contributed by atoms with E-state index in [1.165, 1.54) is 14.2 Å². The first-order valence-electron chi connectivity index (χ1n) is 44.7. The van der Waals surface area contributed by atoms with Crippen molar-refractivity contribution >= 4 is 46.6 Å². The molecule has 15 aliphatic carbocycles. The Bertz CT molecular complexity index is 4660. The van der Waals surface area contributed by atoms with Gasteiger partial charge in [0, 0.05) is 76.0 Å². The number of methoxy groups -OCH3 is 3. The summed E-state index contributed by atoms with van der Waals surface area (Å²) in [5, 5.41) is 21.6. The first-order valence-corrected chi connectivity index (χ1v) is 44.7. The molecular formula is C100H137N3O15. The quantitative estimate of drug-likeness (QED) is 0.0945. The Balaban J connectivity index is 0.000000146. The van der Waals surface area contributed by atoms with Gasteiger partial charge in [-0.1, -0.05) is 160 Å². The van der Waals surface area contributed by atoms with E-state index in [0.29, 0.717) is 32.3 Å². The van der Waals surface area contributed by atoms with Gasteiger partial charge in [0.15, 0.2) is 28.9 Å². The van der Waals surface area contributed by atoms with Crippen LogP contribution >= 0.6 is 0 Å². The third kappa shape index (κ3) is 11.5. The van der Waals surface area contributed by atoms with Crippen LogP contribution in [-0.4, -0.2) is 111 Å². The van der Waals surface area contributed by atoms with Gasteiger partial charge in [0.25, 0.3) is 0 Å². The lowest BCUT2D eigenvalue weighted by molar-refractivity contribution is -0.230. The van der Waals surface area contributed by atoms with E-state index in [2.05, 4.69) is 125 Å². The van der Waals surface area contributed by atoms with Crippen LogP contribution in [0.3, 0.4) is 0 Å². The minimum Gasteiger partial charge on any atom is -0.469 e. The number of carbonyl (C=O) groups excluding carboxylic acids is 8. The summed E-state index contributed by atoms with van der Waals surface area (Å²) in [7, 11) is 4.50.